The van der Waals surface area contributed by atoms with Crippen molar-refractivity contribution in [2.75, 3.05) is 12.3 Å². The van der Waals surface area contributed by atoms with Gasteiger partial charge in [-0.1, -0.05) is 84.1 Å². The van der Waals surface area contributed by atoms with Crippen LogP contribution in [0.4, 0.5) is 10.5 Å². The van der Waals surface area contributed by atoms with Crippen LogP contribution in [0.3, 0.4) is 0 Å². The summed E-state index contributed by atoms with van der Waals surface area (Å²) in [6, 6.07) is 5.31. The SMILES string of the molecule is CCCCCCCCOC(=O)Cl.CCCCCCCCc1ccc(N)c(C(=O)O)c1. The van der Waals surface area contributed by atoms with Crippen molar-refractivity contribution < 1.29 is 19.4 Å². The summed E-state index contributed by atoms with van der Waals surface area (Å²) in [6.45, 7) is 4.87. The Morgan fingerprint density at radius 3 is 1.97 bits per heavy atom. The number of hydrogen-bond acceptors (Lipinski definition) is 4. The fourth-order valence-electron chi connectivity index (χ4n) is 3.09. The Balaban J connectivity index is 0.000000612. The molecule has 5 nitrogen and oxygen atoms in total. The fourth-order valence-corrected chi connectivity index (χ4v) is 3.17. The molecular formula is C24H40ClNO4. The molecule has 0 aliphatic heterocycles. The highest BCUT2D eigenvalue weighted by atomic mass is 35.5. The Kier molecular flexibility index (Phi) is 18.1. The second kappa shape index (κ2) is 19.2. The van der Waals surface area contributed by atoms with Gasteiger partial charge in [-0.15, -0.1) is 0 Å². The zero-order valence-electron chi connectivity index (χ0n) is 18.8. The van der Waals surface area contributed by atoms with Gasteiger partial charge < -0.3 is 15.6 Å². The molecule has 6 heteroatoms. The molecule has 1 rings (SSSR count). The molecule has 3 N–H and O–H groups in total. The molecular weight excluding hydrogens is 402 g/mol. The van der Waals surface area contributed by atoms with Crippen molar-refractivity contribution in [2.45, 2.75) is 97.3 Å². The van der Waals surface area contributed by atoms with Crippen molar-refractivity contribution in [3.05, 3.63) is 29.3 Å². The molecule has 1 aromatic carbocycles. The Hall–Kier alpha value is -1.75. The van der Waals surface area contributed by atoms with Gasteiger partial charge in [-0.25, -0.2) is 9.59 Å². The van der Waals surface area contributed by atoms with Crippen LogP contribution in [0, 0.1) is 0 Å². The third-order valence-electron chi connectivity index (χ3n) is 4.88. The monoisotopic (exact) mass is 441 g/mol. The first-order chi connectivity index (χ1) is 14.4. The first-order valence-corrected chi connectivity index (χ1v) is 11.7. The van der Waals surface area contributed by atoms with Gasteiger partial charge in [0, 0.05) is 17.3 Å². The lowest BCUT2D eigenvalue weighted by Crippen LogP contribution is -2.03. The van der Waals surface area contributed by atoms with E-state index in [1.54, 1.807) is 12.1 Å². The van der Waals surface area contributed by atoms with Crippen molar-refractivity contribution in [3.8, 4) is 0 Å². The summed E-state index contributed by atoms with van der Waals surface area (Å²) in [5, 5.41) is 8.98. The quantitative estimate of drug-likeness (QED) is 0.166. The van der Waals surface area contributed by atoms with Crippen molar-refractivity contribution in [1.29, 1.82) is 0 Å². The molecule has 172 valence electrons. The van der Waals surface area contributed by atoms with Crippen LogP contribution in [0.15, 0.2) is 18.2 Å². The normalized spacial score (nSPS) is 10.2. The van der Waals surface area contributed by atoms with Gasteiger partial charge in [0.15, 0.2) is 0 Å². The predicted molar refractivity (Wildman–Crippen MR) is 125 cm³/mol. The maximum Gasteiger partial charge on any atom is 0.403 e. The molecule has 0 aliphatic carbocycles. The number of aryl methyl sites for hydroxylation is 1. The maximum absolute atomic E-state index is 10.9. The number of halogens is 1. The van der Waals surface area contributed by atoms with Crippen molar-refractivity contribution in [1.82, 2.24) is 0 Å². The Morgan fingerprint density at radius 1 is 0.900 bits per heavy atom. The Labute approximate surface area is 187 Å². The lowest BCUT2D eigenvalue weighted by Gasteiger charge is -2.05. The van der Waals surface area contributed by atoms with Gasteiger partial charge in [-0.3, -0.25) is 0 Å². The zero-order valence-corrected chi connectivity index (χ0v) is 19.5. The second-order valence-corrected chi connectivity index (χ2v) is 7.91. The summed E-state index contributed by atoms with van der Waals surface area (Å²) in [5.41, 5.74) is 6.56. The number of hydrogen-bond donors (Lipinski definition) is 2. The predicted octanol–water partition coefficient (Wildman–Crippen LogP) is 7.59. The molecule has 0 radical (unpaired) electrons. The number of unbranched alkanes of at least 4 members (excludes halogenated alkanes) is 10. The Morgan fingerprint density at radius 2 is 1.43 bits per heavy atom. The first kappa shape index (κ1) is 28.2. The van der Waals surface area contributed by atoms with E-state index in [0.717, 1.165) is 31.2 Å². The molecule has 0 aromatic heterocycles. The zero-order chi connectivity index (χ0) is 22.6. The van der Waals surface area contributed by atoms with E-state index in [-0.39, 0.29) is 5.56 Å². The summed E-state index contributed by atoms with van der Waals surface area (Å²) in [7, 11) is 0. The van der Waals surface area contributed by atoms with Crippen LogP contribution in [0.2, 0.25) is 0 Å². The van der Waals surface area contributed by atoms with E-state index in [9.17, 15) is 9.59 Å². The molecule has 0 saturated heterocycles. The number of nitrogens with two attached hydrogens (primary N) is 1. The van der Waals surface area contributed by atoms with E-state index in [4.69, 9.17) is 22.4 Å². The number of aromatic carboxylic acids is 1. The molecule has 1 aromatic rings. The van der Waals surface area contributed by atoms with Gasteiger partial charge in [0.2, 0.25) is 0 Å². The van der Waals surface area contributed by atoms with Crippen LogP contribution in [0.5, 0.6) is 0 Å². The summed E-state index contributed by atoms with van der Waals surface area (Å²) >= 11 is 4.98. The summed E-state index contributed by atoms with van der Waals surface area (Å²) in [6.07, 6.45) is 15.6. The minimum atomic E-state index is -0.947. The molecule has 0 bridgehead atoms. The molecule has 0 saturated carbocycles. The van der Waals surface area contributed by atoms with Crippen LogP contribution in [-0.2, 0) is 11.2 Å². The maximum atomic E-state index is 10.9. The lowest BCUT2D eigenvalue weighted by molar-refractivity contribution is 0.0698. The number of ether oxygens (including phenoxy) is 1. The number of carboxylic acids is 1. The van der Waals surface area contributed by atoms with E-state index < -0.39 is 11.4 Å². The molecule has 0 spiro atoms. The molecule has 0 aliphatic rings. The van der Waals surface area contributed by atoms with E-state index in [2.05, 4.69) is 18.6 Å². The van der Waals surface area contributed by atoms with Gasteiger partial charge in [0.25, 0.3) is 0 Å². The number of rotatable bonds is 15. The average Bonchev–Trinajstić information content (AvgIpc) is 2.71. The van der Waals surface area contributed by atoms with E-state index >= 15 is 0 Å². The number of benzene rings is 1. The highest BCUT2D eigenvalue weighted by Gasteiger charge is 2.08. The largest absolute Gasteiger partial charge is 0.478 e. The van der Waals surface area contributed by atoms with Crippen LogP contribution >= 0.6 is 11.6 Å². The minimum absolute atomic E-state index is 0.221. The van der Waals surface area contributed by atoms with Crippen molar-refractivity contribution >= 4 is 28.7 Å². The standard InChI is InChI=1S/C15H23NO2.C9H17ClO2/c1-2-3-4-5-6-7-8-12-9-10-14(16)13(11-12)15(17)18;1-2-3-4-5-6-7-8-12-9(10)11/h9-11H,2-8,16H2,1H3,(H,17,18);2-8H2,1H3. The molecule has 0 fully saturated rings. The molecule has 0 unspecified atom stereocenters. The van der Waals surface area contributed by atoms with Gasteiger partial charge in [-0.05, 0) is 37.0 Å². The van der Waals surface area contributed by atoms with Crippen molar-refractivity contribution in [3.63, 3.8) is 0 Å². The number of carboxylic acid groups (broad SMARTS) is 1. The highest BCUT2D eigenvalue weighted by Crippen LogP contribution is 2.16. The van der Waals surface area contributed by atoms with Gasteiger partial charge in [0.1, 0.15) is 0 Å². The lowest BCUT2D eigenvalue weighted by atomic mass is 10.0. The average molecular weight is 442 g/mol. The molecule has 0 amide bonds. The highest BCUT2D eigenvalue weighted by molar-refractivity contribution is 6.61. The third-order valence-corrected chi connectivity index (χ3v) is 4.99. The first-order valence-electron chi connectivity index (χ1n) is 11.4. The molecule has 0 heterocycles. The van der Waals surface area contributed by atoms with E-state index in [1.807, 2.05) is 6.07 Å². The number of anilines is 1. The number of carbonyl (C=O) groups is 2. The third kappa shape index (κ3) is 16.1. The van der Waals surface area contributed by atoms with E-state index in [1.165, 1.54) is 57.8 Å². The van der Waals surface area contributed by atoms with Gasteiger partial charge >= 0.3 is 11.4 Å². The second-order valence-electron chi connectivity index (χ2n) is 7.60. The summed E-state index contributed by atoms with van der Waals surface area (Å²) < 4.78 is 4.57. The topological polar surface area (TPSA) is 89.6 Å². The van der Waals surface area contributed by atoms with Crippen LogP contribution in [-0.4, -0.2) is 23.1 Å². The van der Waals surface area contributed by atoms with Crippen LogP contribution in [0.1, 0.15) is 107 Å². The smallest absolute Gasteiger partial charge is 0.403 e. The van der Waals surface area contributed by atoms with Crippen molar-refractivity contribution in [2.24, 2.45) is 0 Å². The fraction of sp³-hybridized carbons (Fsp3) is 0.667. The molecule has 30 heavy (non-hydrogen) atoms. The van der Waals surface area contributed by atoms with Crippen LogP contribution < -0.4 is 5.73 Å². The van der Waals surface area contributed by atoms with E-state index in [0.29, 0.717) is 12.3 Å². The minimum Gasteiger partial charge on any atom is -0.478 e. The summed E-state index contributed by atoms with van der Waals surface area (Å²) in [4.78, 5) is 21.1. The Bertz CT molecular complexity index is 593. The summed E-state index contributed by atoms with van der Waals surface area (Å²) in [5.74, 6) is -0.947. The van der Waals surface area contributed by atoms with Gasteiger partial charge in [0.05, 0.1) is 12.2 Å². The molecule has 0 atom stereocenters. The number of nitrogen functional groups attached to an aromatic ring is 1. The van der Waals surface area contributed by atoms with Gasteiger partial charge in [-0.2, -0.15) is 0 Å². The van der Waals surface area contributed by atoms with Crippen LogP contribution in [0.25, 0.3) is 0 Å². The number of carbonyl (C=O) groups excluding carboxylic acids is 1.